The van der Waals surface area contributed by atoms with E-state index in [4.69, 9.17) is 5.73 Å². The molecule has 0 aliphatic carbocycles. The molecule has 5 nitrogen and oxygen atoms in total. The first kappa shape index (κ1) is 21.7. The second-order valence-electron chi connectivity index (χ2n) is 5.97. The molecule has 1 atom stereocenters. The summed E-state index contributed by atoms with van der Waals surface area (Å²) in [5.74, 6) is -0.305. The predicted octanol–water partition coefficient (Wildman–Crippen LogP) is 2.43. The van der Waals surface area contributed by atoms with Crippen LogP contribution in [0.25, 0.3) is 0 Å². The van der Waals surface area contributed by atoms with Crippen LogP contribution < -0.4 is 16.4 Å². The van der Waals surface area contributed by atoms with Gasteiger partial charge in [0, 0.05) is 18.7 Å². The Bertz CT molecular complexity index is 707. The zero-order chi connectivity index (χ0) is 18.1. The number of carbonyl (C=O) groups excluding carboxylic acids is 2. The number of hydrogen-bond donors (Lipinski definition) is 3. The number of amides is 2. The van der Waals surface area contributed by atoms with Crippen molar-refractivity contribution >= 4 is 24.2 Å². The molecule has 140 valence electrons. The van der Waals surface area contributed by atoms with Crippen LogP contribution in [0.15, 0.2) is 54.6 Å². The molecule has 0 radical (unpaired) electrons. The Kier molecular flexibility index (Phi) is 9.41. The van der Waals surface area contributed by atoms with Gasteiger partial charge in [0.2, 0.25) is 5.91 Å². The molecule has 2 aromatic rings. The van der Waals surface area contributed by atoms with Gasteiger partial charge in [0.15, 0.2) is 0 Å². The third kappa shape index (κ3) is 6.86. The van der Waals surface area contributed by atoms with Gasteiger partial charge in [-0.25, -0.2) is 0 Å². The van der Waals surface area contributed by atoms with Crippen LogP contribution in [-0.2, 0) is 17.8 Å². The fourth-order valence-corrected chi connectivity index (χ4v) is 2.44. The lowest BCUT2D eigenvalue weighted by Crippen LogP contribution is -2.41. The molecule has 0 fully saturated rings. The molecule has 6 heteroatoms. The van der Waals surface area contributed by atoms with E-state index in [1.165, 1.54) is 0 Å². The van der Waals surface area contributed by atoms with E-state index in [0.717, 1.165) is 17.5 Å². The van der Waals surface area contributed by atoms with Gasteiger partial charge in [-0.15, -0.1) is 12.4 Å². The molecule has 0 unspecified atom stereocenters. The smallest absolute Gasteiger partial charge is 0.251 e. The van der Waals surface area contributed by atoms with Gasteiger partial charge in [-0.05, 0) is 36.1 Å². The van der Waals surface area contributed by atoms with Crippen molar-refractivity contribution in [3.8, 4) is 0 Å². The first-order valence-corrected chi connectivity index (χ1v) is 8.54. The summed E-state index contributed by atoms with van der Waals surface area (Å²) in [6.07, 6.45) is 1.38. The van der Waals surface area contributed by atoms with Gasteiger partial charge in [0.25, 0.3) is 5.91 Å². The van der Waals surface area contributed by atoms with Crippen LogP contribution in [0.4, 0.5) is 0 Å². The topological polar surface area (TPSA) is 84.2 Å². The Hall–Kier alpha value is -2.37. The zero-order valence-electron chi connectivity index (χ0n) is 14.9. The summed E-state index contributed by atoms with van der Waals surface area (Å²) < 4.78 is 0. The molecule has 0 saturated heterocycles. The number of halogens is 1. The van der Waals surface area contributed by atoms with Gasteiger partial charge in [-0.3, -0.25) is 9.59 Å². The van der Waals surface area contributed by atoms with Crippen LogP contribution in [0.2, 0.25) is 0 Å². The van der Waals surface area contributed by atoms with Crippen molar-refractivity contribution in [1.82, 2.24) is 10.6 Å². The van der Waals surface area contributed by atoms with E-state index in [9.17, 15) is 9.59 Å². The third-order valence-corrected chi connectivity index (χ3v) is 3.83. The molecule has 4 N–H and O–H groups in total. The van der Waals surface area contributed by atoms with Crippen LogP contribution in [-0.4, -0.2) is 24.4 Å². The standard InChI is InChI=1S/C20H25N3O2.ClH/c1-2-11-22-19(24)17-10-6-9-16(12-17)14-23-20(25)18(21)13-15-7-4-3-5-8-15;/h3-10,12,18H,2,11,13-14,21H2,1H3,(H,22,24)(H,23,25);1H/t18-;/m0./s1. The highest BCUT2D eigenvalue weighted by atomic mass is 35.5. The molecule has 0 spiro atoms. The van der Waals surface area contributed by atoms with E-state index in [2.05, 4.69) is 10.6 Å². The number of hydrogen-bond acceptors (Lipinski definition) is 3. The molecule has 26 heavy (non-hydrogen) atoms. The Morgan fingerprint density at radius 2 is 1.69 bits per heavy atom. The summed E-state index contributed by atoms with van der Waals surface area (Å²) in [6.45, 7) is 3.00. The van der Waals surface area contributed by atoms with Crippen molar-refractivity contribution in [2.24, 2.45) is 5.73 Å². The van der Waals surface area contributed by atoms with Crippen LogP contribution in [0, 0.1) is 0 Å². The Labute approximate surface area is 160 Å². The van der Waals surface area contributed by atoms with E-state index < -0.39 is 6.04 Å². The lowest BCUT2D eigenvalue weighted by Gasteiger charge is -2.13. The Morgan fingerprint density at radius 3 is 2.38 bits per heavy atom. The quantitative estimate of drug-likeness (QED) is 0.662. The van der Waals surface area contributed by atoms with Crippen molar-refractivity contribution in [3.63, 3.8) is 0 Å². The van der Waals surface area contributed by atoms with Gasteiger partial charge in [0.1, 0.15) is 0 Å². The molecule has 2 rings (SSSR count). The number of rotatable bonds is 8. The molecule has 2 amide bonds. The van der Waals surface area contributed by atoms with E-state index >= 15 is 0 Å². The average molecular weight is 376 g/mol. The first-order chi connectivity index (χ1) is 12.1. The van der Waals surface area contributed by atoms with Crippen molar-refractivity contribution in [2.45, 2.75) is 32.4 Å². The fourth-order valence-electron chi connectivity index (χ4n) is 2.44. The van der Waals surface area contributed by atoms with Crippen molar-refractivity contribution in [3.05, 3.63) is 71.3 Å². The van der Waals surface area contributed by atoms with Crippen molar-refractivity contribution < 1.29 is 9.59 Å². The molecule has 0 aliphatic heterocycles. The molecule has 0 aliphatic rings. The minimum absolute atomic E-state index is 0. The number of carbonyl (C=O) groups is 2. The SMILES string of the molecule is CCCNC(=O)c1cccc(CNC(=O)[C@@H](N)Cc2ccccc2)c1.Cl. The maximum absolute atomic E-state index is 12.2. The largest absolute Gasteiger partial charge is 0.352 e. The van der Waals surface area contributed by atoms with Crippen LogP contribution >= 0.6 is 12.4 Å². The maximum Gasteiger partial charge on any atom is 0.251 e. The van der Waals surface area contributed by atoms with Crippen LogP contribution in [0.3, 0.4) is 0 Å². The van der Waals surface area contributed by atoms with E-state index in [0.29, 0.717) is 25.1 Å². The molecular weight excluding hydrogens is 350 g/mol. The second-order valence-corrected chi connectivity index (χ2v) is 5.97. The van der Waals surface area contributed by atoms with Crippen LogP contribution in [0.1, 0.15) is 34.8 Å². The van der Waals surface area contributed by atoms with Gasteiger partial charge in [-0.2, -0.15) is 0 Å². The lowest BCUT2D eigenvalue weighted by atomic mass is 10.1. The van der Waals surface area contributed by atoms with E-state index in [1.807, 2.05) is 49.4 Å². The minimum Gasteiger partial charge on any atom is -0.352 e. The number of nitrogens with one attached hydrogen (secondary N) is 2. The molecule has 0 saturated carbocycles. The average Bonchev–Trinajstić information content (AvgIpc) is 2.65. The zero-order valence-corrected chi connectivity index (χ0v) is 15.7. The fraction of sp³-hybridized carbons (Fsp3) is 0.300. The molecule has 2 aromatic carbocycles. The molecule has 0 aromatic heterocycles. The molecular formula is C20H26ClN3O2. The van der Waals surface area contributed by atoms with Gasteiger partial charge in [-0.1, -0.05) is 49.4 Å². The van der Waals surface area contributed by atoms with Crippen molar-refractivity contribution in [2.75, 3.05) is 6.54 Å². The summed E-state index contributed by atoms with van der Waals surface area (Å²) >= 11 is 0. The summed E-state index contributed by atoms with van der Waals surface area (Å²) in [7, 11) is 0. The second kappa shape index (κ2) is 11.3. The highest BCUT2D eigenvalue weighted by molar-refractivity contribution is 5.94. The normalized spacial score (nSPS) is 11.2. The Balaban J connectivity index is 0.00000338. The number of nitrogens with two attached hydrogens (primary N) is 1. The van der Waals surface area contributed by atoms with Gasteiger partial charge in [0.05, 0.1) is 6.04 Å². The predicted molar refractivity (Wildman–Crippen MR) is 106 cm³/mol. The van der Waals surface area contributed by atoms with Gasteiger partial charge >= 0.3 is 0 Å². The highest BCUT2D eigenvalue weighted by Crippen LogP contribution is 2.06. The highest BCUT2D eigenvalue weighted by Gasteiger charge is 2.14. The van der Waals surface area contributed by atoms with E-state index in [-0.39, 0.29) is 24.2 Å². The summed E-state index contributed by atoms with van der Waals surface area (Å²) in [5, 5.41) is 5.67. The molecule has 0 bridgehead atoms. The maximum atomic E-state index is 12.2. The molecule has 0 heterocycles. The summed E-state index contributed by atoms with van der Waals surface area (Å²) in [4.78, 5) is 24.2. The summed E-state index contributed by atoms with van der Waals surface area (Å²) in [5.41, 5.74) is 8.45. The van der Waals surface area contributed by atoms with E-state index in [1.54, 1.807) is 12.1 Å². The van der Waals surface area contributed by atoms with Crippen LogP contribution in [0.5, 0.6) is 0 Å². The monoisotopic (exact) mass is 375 g/mol. The first-order valence-electron chi connectivity index (χ1n) is 8.54. The number of benzene rings is 2. The third-order valence-electron chi connectivity index (χ3n) is 3.83. The van der Waals surface area contributed by atoms with Crippen molar-refractivity contribution in [1.29, 1.82) is 0 Å². The lowest BCUT2D eigenvalue weighted by molar-refractivity contribution is -0.122. The minimum atomic E-state index is -0.599. The van der Waals surface area contributed by atoms with Gasteiger partial charge < -0.3 is 16.4 Å². The summed E-state index contributed by atoms with van der Waals surface area (Å²) in [6, 6.07) is 16.3. The Morgan fingerprint density at radius 1 is 1.00 bits per heavy atom.